The summed E-state index contributed by atoms with van der Waals surface area (Å²) in [7, 11) is 0. The number of carboxylic acids is 1. The summed E-state index contributed by atoms with van der Waals surface area (Å²) in [4.78, 5) is 13.2. The molecule has 102 valence electrons. The Bertz CT molecular complexity index is 372. The van der Waals surface area contributed by atoms with Crippen molar-refractivity contribution in [3.8, 4) is 0 Å². The molecule has 0 spiro atoms. The van der Waals surface area contributed by atoms with Gasteiger partial charge in [-0.05, 0) is 5.53 Å². The second-order valence-corrected chi connectivity index (χ2v) is 3.91. The average molecular weight is 263 g/mol. The number of aliphatic hydroxyl groups is 4. The maximum Gasteiger partial charge on any atom is 0.364 e. The maximum atomic E-state index is 10.8. The molecule has 0 bridgehead atoms. The van der Waals surface area contributed by atoms with E-state index in [0.29, 0.717) is 0 Å². The van der Waals surface area contributed by atoms with Crippen molar-refractivity contribution in [2.45, 2.75) is 36.6 Å². The molecule has 0 radical (unpaired) electrons. The summed E-state index contributed by atoms with van der Waals surface area (Å²) in [5.41, 5.74) is 8.07. The van der Waals surface area contributed by atoms with E-state index in [1.165, 1.54) is 0 Å². The van der Waals surface area contributed by atoms with Crippen LogP contribution in [0.3, 0.4) is 0 Å². The van der Waals surface area contributed by atoms with Crippen molar-refractivity contribution >= 4 is 5.97 Å². The van der Waals surface area contributed by atoms with Gasteiger partial charge in [0.2, 0.25) is 0 Å². The Labute approximate surface area is 101 Å². The smallest absolute Gasteiger partial charge is 0.364 e. The molecule has 1 heterocycles. The van der Waals surface area contributed by atoms with Gasteiger partial charge in [-0.2, -0.15) is 0 Å². The van der Waals surface area contributed by atoms with Crippen molar-refractivity contribution in [3.05, 3.63) is 10.4 Å². The first-order valence-corrected chi connectivity index (χ1v) is 5.00. The highest BCUT2D eigenvalue weighted by Gasteiger charge is 2.52. The summed E-state index contributed by atoms with van der Waals surface area (Å²) >= 11 is 0. The monoisotopic (exact) mass is 263 g/mol. The van der Waals surface area contributed by atoms with Crippen LogP contribution in [0.5, 0.6) is 0 Å². The zero-order valence-electron chi connectivity index (χ0n) is 9.12. The Balaban J connectivity index is 2.88. The Morgan fingerprint density at radius 3 is 2.72 bits per heavy atom. The first-order chi connectivity index (χ1) is 8.31. The van der Waals surface area contributed by atoms with Gasteiger partial charge in [-0.3, -0.25) is 0 Å². The molecule has 1 fully saturated rings. The Morgan fingerprint density at radius 2 is 2.22 bits per heavy atom. The molecule has 0 amide bonds. The van der Waals surface area contributed by atoms with Gasteiger partial charge in [0.25, 0.3) is 5.79 Å². The third kappa shape index (κ3) is 2.88. The van der Waals surface area contributed by atoms with Crippen LogP contribution >= 0.6 is 0 Å². The lowest BCUT2D eigenvalue weighted by Gasteiger charge is -2.41. The molecule has 1 aliphatic heterocycles. The third-order valence-corrected chi connectivity index (χ3v) is 2.59. The van der Waals surface area contributed by atoms with Crippen LogP contribution in [0.15, 0.2) is 5.11 Å². The van der Waals surface area contributed by atoms with E-state index < -0.39 is 49.1 Å². The maximum absolute atomic E-state index is 10.8. The highest BCUT2D eigenvalue weighted by Crippen LogP contribution is 2.29. The molecule has 18 heavy (non-hydrogen) atoms. The Hall–Kier alpha value is -1.42. The zero-order valence-corrected chi connectivity index (χ0v) is 9.12. The van der Waals surface area contributed by atoms with Crippen LogP contribution in [0.1, 0.15) is 6.42 Å². The van der Waals surface area contributed by atoms with Crippen molar-refractivity contribution < 1.29 is 35.1 Å². The summed E-state index contributed by atoms with van der Waals surface area (Å²) in [6.07, 6.45) is -7.08. The summed E-state index contributed by atoms with van der Waals surface area (Å²) in [5.74, 6) is -4.46. The van der Waals surface area contributed by atoms with Crippen LogP contribution in [-0.2, 0) is 9.53 Å². The van der Waals surface area contributed by atoms with Gasteiger partial charge in [-0.25, -0.2) is 4.79 Å². The van der Waals surface area contributed by atoms with Crippen LogP contribution in [0.4, 0.5) is 0 Å². The van der Waals surface area contributed by atoms with Crippen molar-refractivity contribution in [2.75, 3.05) is 6.54 Å². The summed E-state index contributed by atoms with van der Waals surface area (Å²) in [6.45, 7) is -0.499. The van der Waals surface area contributed by atoms with Crippen LogP contribution < -0.4 is 0 Å². The molecule has 0 aromatic heterocycles. The second kappa shape index (κ2) is 5.48. The number of carbonyl (C=O) groups is 1. The van der Waals surface area contributed by atoms with E-state index in [1.54, 1.807) is 0 Å². The first kappa shape index (κ1) is 14.6. The third-order valence-electron chi connectivity index (χ3n) is 2.59. The second-order valence-electron chi connectivity index (χ2n) is 3.91. The van der Waals surface area contributed by atoms with E-state index in [2.05, 4.69) is 14.8 Å². The van der Waals surface area contributed by atoms with Gasteiger partial charge >= 0.3 is 5.97 Å². The van der Waals surface area contributed by atoms with Crippen molar-refractivity contribution in [3.63, 3.8) is 0 Å². The molecule has 0 aromatic rings. The van der Waals surface area contributed by atoms with Crippen LogP contribution in [-0.4, -0.2) is 68.2 Å². The van der Waals surface area contributed by atoms with Gasteiger partial charge < -0.3 is 30.3 Å². The van der Waals surface area contributed by atoms with Gasteiger partial charge in [0.05, 0.1) is 18.8 Å². The largest absolute Gasteiger partial charge is 0.477 e. The highest BCUT2D eigenvalue weighted by molar-refractivity contribution is 5.75. The molecular formula is C8H13N3O7. The molecule has 5 N–H and O–H groups in total. The number of aliphatic carboxylic acids is 1. The van der Waals surface area contributed by atoms with Crippen molar-refractivity contribution in [2.24, 2.45) is 5.11 Å². The number of hydrogen-bond acceptors (Lipinski definition) is 7. The van der Waals surface area contributed by atoms with Crippen molar-refractivity contribution in [1.82, 2.24) is 0 Å². The Morgan fingerprint density at radius 1 is 1.61 bits per heavy atom. The molecule has 1 saturated heterocycles. The number of ether oxygens (including phenoxy) is 1. The molecule has 1 rings (SSSR count). The van der Waals surface area contributed by atoms with Crippen LogP contribution in [0.25, 0.3) is 10.4 Å². The van der Waals surface area contributed by atoms with E-state index >= 15 is 0 Å². The predicted octanol–water partition coefficient (Wildman–Crippen LogP) is -2.06. The first-order valence-electron chi connectivity index (χ1n) is 5.00. The summed E-state index contributed by atoms with van der Waals surface area (Å²) < 4.78 is 4.69. The molecule has 5 atom stereocenters. The zero-order chi connectivity index (χ0) is 13.9. The number of azide groups is 1. The number of rotatable bonds is 4. The molecule has 10 heteroatoms. The van der Waals surface area contributed by atoms with E-state index in [-0.39, 0.29) is 0 Å². The summed E-state index contributed by atoms with van der Waals surface area (Å²) in [5, 5.41) is 49.9. The SMILES string of the molecule is [N-]=[N+]=NC[C@@H](O)C1OC(O)(C(=O)O)CC(O)[C@H]1O. The molecule has 0 aliphatic carbocycles. The number of aliphatic hydroxyl groups excluding tert-OH is 3. The Kier molecular flexibility index (Phi) is 4.46. The van der Waals surface area contributed by atoms with E-state index in [0.717, 1.165) is 0 Å². The van der Waals surface area contributed by atoms with Gasteiger partial charge in [0.15, 0.2) is 0 Å². The molecule has 0 aromatic carbocycles. The minimum Gasteiger partial charge on any atom is -0.477 e. The van der Waals surface area contributed by atoms with E-state index in [1.807, 2.05) is 0 Å². The topological polar surface area (TPSA) is 176 Å². The van der Waals surface area contributed by atoms with Gasteiger partial charge in [0.1, 0.15) is 12.2 Å². The fraction of sp³-hybridized carbons (Fsp3) is 0.875. The summed E-state index contributed by atoms with van der Waals surface area (Å²) in [6, 6.07) is 0. The number of carboxylic acid groups (broad SMARTS) is 1. The molecule has 3 unspecified atom stereocenters. The normalized spacial score (nSPS) is 37.7. The highest BCUT2D eigenvalue weighted by atomic mass is 16.7. The van der Waals surface area contributed by atoms with E-state index in [4.69, 9.17) is 10.6 Å². The molecule has 1 aliphatic rings. The van der Waals surface area contributed by atoms with E-state index in [9.17, 15) is 25.2 Å². The standard InChI is InChI=1S/C8H13N3O7/c9-11-10-2-4(13)6-5(14)3(12)1-8(17,18-6)7(15)16/h3-6,12-14,17H,1-2H2,(H,15,16)/t3?,4-,5-,6?,8?/m1/s1. The van der Waals surface area contributed by atoms with Crippen LogP contribution in [0.2, 0.25) is 0 Å². The molecule has 10 nitrogen and oxygen atoms in total. The van der Waals surface area contributed by atoms with Crippen molar-refractivity contribution in [1.29, 1.82) is 0 Å². The predicted molar refractivity (Wildman–Crippen MR) is 54.1 cm³/mol. The van der Waals surface area contributed by atoms with Crippen LogP contribution in [0, 0.1) is 0 Å². The fourth-order valence-corrected chi connectivity index (χ4v) is 1.63. The van der Waals surface area contributed by atoms with Gasteiger partial charge in [0, 0.05) is 11.3 Å². The minimum atomic E-state index is -2.71. The number of nitrogens with zero attached hydrogens (tertiary/aromatic N) is 3. The van der Waals surface area contributed by atoms with Gasteiger partial charge in [-0.15, -0.1) is 0 Å². The number of hydrogen-bond donors (Lipinski definition) is 5. The quantitative estimate of drug-likeness (QED) is 0.220. The molecule has 0 saturated carbocycles. The lowest BCUT2D eigenvalue weighted by atomic mass is 9.92. The van der Waals surface area contributed by atoms with Gasteiger partial charge in [-0.1, -0.05) is 5.11 Å². The minimum absolute atomic E-state index is 0.499. The average Bonchev–Trinajstić information content (AvgIpc) is 2.30. The molecular weight excluding hydrogens is 250 g/mol. The fourth-order valence-electron chi connectivity index (χ4n) is 1.63. The lowest BCUT2D eigenvalue weighted by molar-refractivity contribution is -0.306. The lowest BCUT2D eigenvalue weighted by Crippen LogP contribution is -2.61.